The second-order valence-corrected chi connectivity index (χ2v) is 4.03. The van der Waals surface area contributed by atoms with Crippen LogP contribution in [0.1, 0.15) is 0 Å². The van der Waals surface area contributed by atoms with Crippen molar-refractivity contribution in [1.82, 2.24) is 0 Å². The average molecular weight is 281 g/mol. The van der Waals surface area contributed by atoms with E-state index in [-0.39, 0.29) is 16.5 Å². The molecule has 0 unspecified atom stereocenters. The Morgan fingerprint density at radius 2 is 1.53 bits per heavy atom. The van der Waals surface area contributed by atoms with Crippen LogP contribution in [0.3, 0.4) is 0 Å². The van der Waals surface area contributed by atoms with Crippen LogP contribution in [0.4, 0.5) is 0 Å². The number of thiol groups is 1. The lowest BCUT2D eigenvalue weighted by Gasteiger charge is -1.96. The minimum absolute atomic E-state index is 0.190. The van der Waals surface area contributed by atoms with Crippen molar-refractivity contribution >= 4 is 29.4 Å². The van der Waals surface area contributed by atoms with Gasteiger partial charge >= 0.3 is 5.97 Å². The number of carboxylic acids is 1. The van der Waals surface area contributed by atoms with Crippen molar-refractivity contribution in [3.05, 3.63) is 54.9 Å². The largest absolute Gasteiger partial charge is 0.480 e. The Bertz CT molecular complexity index is 683. The summed E-state index contributed by atoms with van der Waals surface area (Å²) in [6.45, 7) is 0. The summed E-state index contributed by atoms with van der Waals surface area (Å²) < 4.78 is 0. The summed E-state index contributed by atoms with van der Waals surface area (Å²) in [7, 11) is 0. The quantitative estimate of drug-likeness (QED) is 0.486. The molecule has 0 saturated heterocycles. The number of hydrogen-bond acceptors (Lipinski definition) is 6. The fourth-order valence-electron chi connectivity index (χ4n) is 1.30. The first-order valence-corrected chi connectivity index (χ1v) is 5.85. The van der Waals surface area contributed by atoms with Crippen molar-refractivity contribution in [2.24, 2.45) is 5.73 Å². The summed E-state index contributed by atoms with van der Waals surface area (Å²) in [5.41, 5.74) is 2.65. The number of benzene rings is 1. The Labute approximate surface area is 112 Å². The first kappa shape index (κ1) is 15.1. The first-order chi connectivity index (χ1) is 8.90. The summed E-state index contributed by atoms with van der Waals surface area (Å²) in [4.78, 5) is 42.7. The van der Waals surface area contributed by atoms with Gasteiger partial charge in [-0.05, 0) is 0 Å². The van der Waals surface area contributed by atoms with E-state index < -0.39 is 28.3 Å². The molecule has 0 fully saturated rings. The summed E-state index contributed by atoms with van der Waals surface area (Å²) in [6, 6.07) is 5.41. The molecule has 0 heterocycles. The Hall–Kier alpha value is -1.99. The summed E-state index contributed by atoms with van der Waals surface area (Å²) in [6.07, 6.45) is 0. The lowest BCUT2D eigenvalue weighted by Crippen LogP contribution is -2.31. The van der Waals surface area contributed by atoms with E-state index in [1.54, 1.807) is 12.1 Å². The number of aliphatic carboxylic acids is 1. The molecule has 0 aliphatic heterocycles. The molecule has 0 aliphatic rings. The number of carbonyl (C=O) groups is 1. The van der Waals surface area contributed by atoms with Gasteiger partial charge in [0.2, 0.25) is 10.9 Å². The molecule has 0 bridgehead atoms. The van der Waals surface area contributed by atoms with Gasteiger partial charge in [-0.1, -0.05) is 24.3 Å². The second kappa shape index (κ2) is 6.26. The van der Waals surface area contributed by atoms with Crippen LogP contribution in [0.2, 0.25) is 0 Å². The Morgan fingerprint density at radius 1 is 1.11 bits per heavy atom. The second-order valence-electron chi connectivity index (χ2n) is 3.66. The van der Waals surface area contributed by atoms with E-state index in [2.05, 4.69) is 12.6 Å². The molecule has 0 spiro atoms. The van der Waals surface area contributed by atoms with E-state index in [4.69, 9.17) is 10.8 Å². The highest BCUT2D eigenvalue weighted by Gasteiger charge is 2.09. The van der Waals surface area contributed by atoms with E-state index in [1.165, 1.54) is 12.1 Å². The maximum atomic E-state index is 11.0. The number of nitrogens with two attached hydrogens (primary N) is 1. The van der Waals surface area contributed by atoms with Gasteiger partial charge < -0.3 is 10.8 Å². The molecule has 0 aliphatic carbocycles. The fourth-order valence-corrected chi connectivity index (χ4v) is 1.46. The van der Waals surface area contributed by atoms with Crippen molar-refractivity contribution in [2.75, 3.05) is 5.75 Å². The predicted molar refractivity (Wildman–Crippen MR) is 74.6 cm³/mol. The topological polar surface area (TPSA) is 115 Å². The van der Waals surface area contributed by atoms with Crippen LogP contribution in [-0.4, -0.2) is 22.9 Å². The zero-order valence-electron chi connectivity index (χ0n) is 9.70. The molecular weight excluding hydrogens is 270 g/mol. The van der Waals surface area contributed by atoms with Crippen LogP contribution >= 0.6 is 12.6 Å². The van der Waals surface area contributed by atoms with Crippen molar-refractivity contribution in [1.29, 1.82) is 0 Å². The van der Waals surface area contributed by atoms with Crippen molar-refractivity contribution in [3.63, 3.8) is 0 Å². The minimum atomic E-state index is -1.00. The Balaban J connectivity index is 0.000000224. The van der Waals surface area contributed by atoms with Crippen LogP contribution in [0.25, 0.3) is 10.8 Å². The van der Waals surface area contributed by atoms with Gasteiger partial charge in [0, 0.05) is 16.5 Å². The van der Waals surface area contributed by atoms with Crippen molar-refractivity contribution in [2.45, 2.75) is 6.04 Å². The Morgan fingerprint density at radius 3 is 1.79 bits per heavy atom. The fraction of sp³-hybridized carbons (Fsp3) is 0.167. The maximum absolute atomic E-state index is 11.0. The third kappa shape index (κ3) is 3.27. The van der Waals surface area contributed by atoms with Crippen LogP contribution in [0, 0.1) is 0 Å². The van der Waals surface area contributed by atoms with E-state index in [0.29, 0.717) is 0 Å². The van der Waals surface area contributed by atoms with E-state index in [9.17, 15) is 19.2 Å². The zero-order valence-corrected chi connectivity index (χ0v) is 10.6. The van der Waals surface area contributed by atoms with Crippen LogP contribution in [0.15, 0.2) is 38.6 Å². The maximum Gasteiger partial charge on any atom is 0.321 e. The predicted octanol–water partition coefficient (Wildman–Crippen LogP) is -0.876. The third-order valence-corrected chi connectivity index (χ3v) is 2.74. The molecule has 2 aromatic rings. The molecule has 6 nitrogen and oxygen atoms in total. The van der Waals surface area contributed by atoms with Gasteiger partial charge in [-0.2, -0.15) is 12.6 Å². The molecule has 19 heavy (non-hydrogen) atoms. The van der Waals surface area contributed by atoms with Gasteiger partial charge in [-0.15, -0.1) is 0 Å². The molecule has 2 rings (SSSR count). The molecule has 0 amide bonds. The molecule has 100 valence electrons. The summed E-state index contributed by atoms with van der Waals surface area (Å²) in [5, 5.41) is 8.47. The van der Waals surface area contributed by atoms with Gasteiger partial charge in [-0.25, -0.2) is 0 Å². The highest BCUT2D eigenvalue weighted by atomic mass is 32.1. The van der Waals surface area contributed by atoms with Crippen molar-refractivity contribution < 1.29 is 9.90 Å². The smallest absolute Gasteiger partial charge is 0.321 e. The highest BCUT2D eigenvalue weighted by molar-refractivity contribution is 7.80. The number of hydrogen-bond donors (Lipinski definition) is 3. The van der Waals surface area contributed by atoms with E-state index in [0.717, 1.165) is 0 Å². The molecule has 1 atom stereocenters. The standard InChI is InChI=1S/C9H4O3.C3H7NO2S/c10-7-5-3-1-2-4-6(5)8(11)9(7)12;4-2(1-7)3(5)6/h1-4H;2,7H,1,4H2,(H,5,6)/t;2-/m.0/s1. The minimum Gasteiger partial charge on any atom is -0.480 e. The normalized spacial score (nSPS) is 11.7. The van der Waals surface area contributed by atoms with E-state index in [1.807, 2.05) is 0 Å². The Kier molecular flexibility index (Phi) is 4.96. The summed E-state index contributed by atoms with van der Waals surface area (Å²) in [5.74, 6) is -0.815. The lowest BCUT2D eigenvalue weighted by molar-refractivity contribution is -0.137. The molecule has 0 radical (unpaired) electrons. The zero-order chi connectivity index (χ0) is 14.6. The van der Waals surface area contributed by atoms with Crippen molar-refractivity contribution in [3.8, 4) is 0 Å². The monoisotopic (exact) mass is 281 g/mol. The average Bonchev–Trinajstić information content (AvgIpc) is 2.64. The first-order valence-electron chi connectivity index (χ1n) is 5.21. The van der Waals surface area contributed by atoms with Gasteiger partial charge in [0.1, 0.15) is 6.04 Å². The van der Waals surface area contributed by atoms with Gasteiger partial charge in [0.05, 0.1) is 0 Å². The SMILES string of the molecule is N[C@@H](CS)C(=O)O.O=c1c(=O)c2ccccc2c1=O. The lowest BCUT2D eigenvalue weighted by atomic mass is 10.2. The van der Waals surface area contributed by atoms with Crippen LogP contribution < -0.4 is 22.0 Å². The van der Waals surface area contributed by atoms with Gasteiger partial charge in [0.25, 0.3) is 5.43 Å². The number of carboxylic acid groups (broad SMARTS) is 1. The molecule has 0 saturated carbocycles. The molecule has 7 heteroatoms. The number of fused-ring (bicyclic) bond motifs is 1. The third-order valence-electron chi connectivity index (χ3n) is 2.34. The molecule has 0 aromatic heterocycles. The molecule has 3 N–H and O–H groups in total. The van der Waals surface area contributed by atoms with Crippen LogP contribution in [-0.2, 0) is 4.79 Å². The molecular formula is C12H11NO5S. The van der Waals surface area contributed by atoms with Gasteiger partial charge in [-0.3, -0.25) is 19.2 Å². The number of rotatable bonds is 2. The highest BCUT2D eigenvalue weighted by Crippen LogP contribution is 2.01. The van der Waals surface area contributed by atoms with E-state index >= 15 is 0 Å². The van der Waals surface area contributed by atoms with Gasteiger partial charge in [0.15, 0.2) is 0 Å². The van der Waals surface area contributed by atoms with Crippen LogP contribution in [0.5, 0.6) is 0 Å². The summed E-state index contributed by atoms with van der Waals surface area (Å²) >= 11 is 3.65. The molecule has 2 aromatic carbocycles.